The van der Waals surface area contributed by atoms with Crippen molar-refractivity contribution in [2.45, 2.75) is 25.8 Å². The van der Waals surface area contributed by atoms with Crippen molar-refractivity contribution in [2.24, 2.45) is 0 Å². The number of rotatable bonds is 5. The van der Waals surface area contributed by atoms with Crippen LogP contribution in [0.1, 0.15) is 41.2 Å². The number of fused-ring (bicyclic) bond motifs is 1. The van der Waals surface area contributed by atoms with E-state index in [0.29, 0.717) is 11.3 Å². The molecule has 2 heterocycles. The maximum absolute atomic E-state index is 12.7. The van der Waals surface area contributed by atoms with E-state index in [2.05, 4.69) is 6.07 Å². The van der Waals surface area contributed by atoms with Crippen molar-refractivity contribution in [3.8, 4) is 5.75 Å². The van der Waals surface area contributed by atoms with Crippen LogP contribution in [0.15, 0.2) is 48.5 Å². The number of ether oxygens (including phenoxy) is 1. The van der Waals surface area contributed by atoms with Gasteiger partial charge < -0.3 is 9.64 Å². The highest BCUT2D eigenvalue weighted by Gasteiger charge is 2.32. The summed E-state index contributed by atoms with van der Waals surface area (Å²) in [4.78, 5) is 30.8. The SMILES string of the molecule is CC(=O)c1cccc(OCC(=O)N2CCC[C@H]2c2nc3ccccc3s2)c1. The molecule has 5 nitrogen and oxygen atoms in total. The number of amides is 1. The Kier molecular flexibility index (Phi) is 4.90. The van der Waals surface area contributed by atoms with Crippen molar-refractivity contribution in [2.75, 3.05) is 13.2 Å². The van der Waals surface area contributed by atoms with Gasteiger partial charge in [0.05, 0.1) is 16.3 Å². The van der Waals surface area contributed by atoms with Crippen LogP contribution in [0.2, 0.25) is 0 Å². The Hall–Kier alpha value is -2.73. The third kappa shape index (κ3) is 3.71. The number of aromatic nitrogens is 1. The van der Waals surface area contributed by atoms with Crippen LogP contribution in [0.3, 0.4) is 0 Å². The largest absolute Gasteiger partial charge is 0.484 e. The van der Waals surface area contributed by atoms with Gasteiger partial charge in [0.25, 0.3) is 5.91 Å². The number of thiazole rings is 1. The first-order valence-electron chi connectivity index (χ1n) is 9.00. The highest BCUT2D eigenvalue weighted by atomic mass is 32.1. The average molecular weight is 380 g/mol. The fourth-order valence-corrected chi connectivity index (χ4v) is 4.50. The van der Waals surface area contributed by atoms with Gasteiger partial charge in [0.2, 0.25) is 0 Å². The standard InChI is InChI=1S/C21H20N2O3S/c1-14(24)15-6-4-7-16(12-15)26-13-20(25)23-11-5-9-18(23)21-22-17-8-2-3-10-19(17)27-21/h2-4,6-8,10,12,18H,5,9,11,13H2,1H3/t18-/m0/s1. The summed E-state index contributed by atoms with van der Waals surface area (Å²) in [7, 11) is 0. The molecule has 1 aliphatic rings. The van der Waals surface area contributed by atoms with E-state index < -0.39 is 0 Å². The molecule has 0 spiro atoms. The number of likely N-dealkylation sites (tertiary alicyclic amines) is 1. The Morgan fingerprint density at radius 1 is 1.22 bits per heavy atom. The molecule has 1 amide bonds. The molecular formula is C21H20N2O3S. The van der Waals surface area contributed by atoms with E-state index in [1.165, 1.54) is 6.92 Å². The molecule has 0 bridgehead atoms. The van der Waals surface area contributed by atoms with Gasteiger partial charge in [0.1, 0.15) is 10.8 Å². The van der Waals surface area contributed by atoms with E-state index in [-0.39, 0.29) is 24.3 Å². The molecule has 0 N–H and O–H groups in total. The lowest BCUT2D eigenvalue weighted by Gasteiger charge is -2.23. The monoisotopic (exact) mass is 380 g/mol. The van der Waals surface area contributed by atoms with Gasteiger partial charge in [-0.15, -0.1) is 11.3 Å². The van der Waals surface area contributed by atoms with Crippen LogP contribution in [0.5, 0.6) is 5.75 Å². The first-order valence-corrected chi connectivity index (χ1v) is 9.82. The summed E-state index contributed by atoms with van der Waals surface area (Å²) in [6.07, 6.45) is 1.89. The molecule has 1 saturated heterocycles. The molecule has 0 radical (unpaired) electrons. The summed E-state index contributed by atoms with van der Waals surface area (Å²) >= 11 is 1.65. The maximum Gasteiger partial charge on any atom is 0.261 e. The summed E-state index contributed by atoms with van der Waals surface area (Å²) in [5.74, 6) is 0.457. The highest BCUT2D eigenvalue weighted by Crippen LogP contribution is 2.36. The fourth-order valence-electron chi connectivity index (χ4n) is 3.39. The van der Waals surface area contributed by atoms with Gasteiger partial charge >= 0.3 is 0 Å². The van der Waals surface area contributed by atoms with Crippen molar-refractivity contribution in [3.63, 3.8) is 0 Å². The number of benzene rings is 2. The quantitative estimate of drug-likeness (QED) is 0.621. The summed E-state index contributed by atoms with van der Waals surface area (Å²) in [6.45, 7) is 2.19. The van der Waals surface area contributed by atoms with Crippen molar-refractivity contribution < 1.29 is 14.3 Å². The average Bonchev–Trinajstić information content (AvgIpc) is 3.32. The van der Waals surface area contributed by atoms with E-state index in [1.54, 1.807) is 35.6 Å². The van der Waals surface area contributed by atoms with E-state index in [9.17, 15) is 9.59 Å². The maximum atomic E-state index is 12.7. The predicted molar refractivity (Wildman–Crippen MR) is 105 cm³/mol. The molecule has 0 saturated carbocycles. The number of carbonyl (C=O) groups is 2. The Labute approximate surface area is 161 Å². The van der Waals surface area contributed by atoms with E-state index in [0.717, 1.165) is 34.6 Å². The van der Waals surface area contributed by atoms with Crippen molar-refractivity contribution in [3.05, 3.63) is 59.1 Å². The van der Waals surface area contributed by atoms with Gasteiger partial charge in [-0.3, -0.25) is 9.59 Å². The Bertz CT molecular complexity index is 965. The molecule has 0 unspecified atom stereocenters. The smallest absolute Gasteiger partial charge is 0.261 e. The number of ketones is 1. The van der Waals surface area contributed by atoms with Gasteiger partial charge in [-0.05, 0) is 44.0 Å². The van der Waals surface area contributed by atoms with Gasteiger partial charge in [-0.25, -0.2) is 4.98 Å². The predicted octanol–water partition coefficient (Wildman–Crippen LogP) is 4.24. The zero-order valence-electron chi connectivity index (χ0n) is 15.1. The number of carbonyl (C=O) groups excluding carboxylic acids is 2. The Morgan fingerprint density at radius 3 is 2.89 bits per heavy atom. The van der Waals surface area contributed by atoms with Gasteiger partial charge in [-0.2, -0.15) is 0 Å². The van der Waals surface area contributed by atoms with Gasteiger partial charge in [-0.1, -0.05) is 24.3 Å². The van der Waals surface area contributed by atoms with Crippen molar-refractivity contribution in [1.29, 1.82) is 0 Å². The lowest BCUT2D eigenvalue weighted by atomic mass is 10.1. The summed E-state index contributed by atoms with van der Waals surface area (Å²) in [6, 6.07) is 15.0. The van der Waals surface area contributed by atoms with Crippen molar-refractivity contribution in [1.82, 2.24) is 9.88 Å². The lowest BCUT2D eigenvalue weighted by Crippen LogP contribution is -2.34. The first kappa shape index (κ1) is 17.7. The zero-order chi connectivity index (χ0) is 18.8. The molecule has 1 aromatic heterocycles. The van der Waals surface area contributed by atoms with E-state index in [4.69, 9.17) is 9.72 Å². The van der Waals surface area contributed by atoms with Gasteiger partial charge in [0.15, 0.2) is 12.4 Å². The van der Waals surface area contributed by atoms with E-state index in [1.807, 2.05) is 23.1 Å². The fraction of sp³-hybridized carbons (Fsp3) is 0.286. The molecule has 0 aliphatic carbocycles. The molecule has 1 atom stereocenters. The van der Waals surface area contributed by atoms with Crippen LogP contribution in [0.25, 0.3) is 10.2 Å². The van der Waals surface area contributed by atoms with Crippen LogP contribution >= 0.6 is 11.3 Å². The van der Waals surface area contributed by atoms with Crippen LogP contribution in [0.4, 0.5) is 0 Å². The third-order valence-electron chi connectivity index (χ3n) is 4.77. The van der Waals surface area contributed by atoms with Crippen molar-refractivity contribution >= 4 is 33.2 Å². The van der Waals surface area contributed by atoms with Gasteiger partial charge in [0, 0.05) is 12.1 Å². The lowest BCUT2D eigenvalue weighted by molar-refractivity contribution is -0.134. The second-order valence-electron chi connectivity index (χ2n) is 6.64. The minimum Gasteiger partial charge on any atom is -0.484 e. The molecular weight excluding hydrogens is 360 g/mol. The number of para-hydroxylation sites is 1. The number of nitrogens with zero attached hydrogens (tertiary/aromatic N) is 2. The second-order valence-corrected chi connectivity index (χ2v) is 7.70. The molecule has 2 aromatic carbocycles. The number of hydrogen-bond acceptors (Lipinski definition) is 5. The molecule has 4 rings (SSSR count). The molecule has 138 valence electrons. The molecule has 27 heavy (non-hydrogen) atoms. The van der Waals surface area contributed by atoms with E-state index >= 15 is 0 Å². The minimum atomic E-state index is -0.0509. The van der Waals surface area contributed by atoms with Crippen LogP contribution in [0, 0.1) is 0 Å². The number of hydrogen-bond donors (Lipinski definition) is 0. The molecule has 1 fully saturated rings. The normalized spacial score (nSPS) is 16.6. The first-order chi connectivity index (χ1) is 13.1. The summed E-state index contributed by atoms with van der Waals surface area (Å²) in [5.41, 5.74) is 1.56. The summed E-state index contributed by atoms with van der Waals surface area (Å²) in [5, 5.41) is 0.987. The van der Waals surface area contributed by atoms with Crippen LogP contribution in [-0.2, 0) is 4.79 Å². The zero-order valence-corrected chi connectivity index (χ0v) is 15.9. The number of Topliss-reactive ketones (excluding diaryl/α,β-unsaturated/α-hetero) is 1. The molecule has 6 heteroatoms. The third-order valence-corrected chi connectivity index (χ3v) is 5.91. The topological polar surface area (TPSA) is 59.5 Å². The molecule has 1 aliphatic heterocycles. The van der Waals surface area contributed by atoms with Crippen LogP contribution in [-0.4, -0.2) is 34.7 Å². The Balaban J connectivity index is 1.46. The minimum absolute atomic E-state index is 0.0158. The molecule has 3 aromatic rings. The Morgan fingerprint density at radius 2 is 2.07 bits per heavy atom. The highest BCUT2D eigenvalue weighted by molar-refractivity contribution is 7.18. The summed E-state index contributed by atoms with van der Waals surface area (Å²) < 4.78 is 6.80. The second kappa shape index (κ2) is 7.48. The van der Waals surface area contributed by atoms with Crippen LogP contribution < -0.4 is 4.74 Å².